The second kappa shape index (κ2) is 8.68. The number of hydrogen-bond acceptors (Lipinski definition) is 9. The minimum Gasteiger partial charge on any atom is -0.462 e. The molecule has 1 aromatic carbocycles. The molecule has 1 fully saturated rings. The van der Waals surface area contributed by atoms with Crippen molar-refractivity contribution in [3.8, 4) is 11.4 Å². The number of nitro benzene ring substituents is 1. The first-order valence-corrected chi connectivity index (χ1v) is 9.55. The van der Waals surface area contributed by atoms with Gasteiger partial charge in [0.05, 0.1) is 17.1 Å². The molecule has 0 saturated heterocycles. The lowest BCUT2D eigenvalue weighted by atomic mass is 10.1. The average Bonchev–Trinajstić information content (AvgIpc) is 3.45. The van der Waals surface area contributed by atoms with Crippen LogP contribution in [0.2, 0.25) is 0 Å². The monoisotopic (exact) mass is 409 g/mol. The summed E-state index contributed by atoms with van der Waals surface area (Å²) < 4.78 is 10.4. The van der Waals surface area contributed by atoms with Gasteiger partial charge < -0.3 is 14.6 Å². The van der Waals surface area contributed by atoms with E-state index in [0.29, 0.717) is 30.2 Å². The Kier molecular flexibility index (Phi) is 5.64. The zero-order valence-corrected chi connectivity index (χ0v) is 16.0. The van der Waals surface area contributed by atoms with E-state index in [9.17, 15) is 14.9 Å². The van der Waals surface area contributed by atoms with Crippen molar-refractivity contribution in [1.82, 2.24) is 15.1 Å². The third kappa shape index (κ3) is 4.77. The van der Waals surface area contributed by atoms with Crippen LogP contribution >= 0.6 is 0 Å². The zero-order chi connectivity index (χ0) is 20.9. The normalized spacial score (nSPS) is 13.1. The van der Waals surface area contributed by atoms with Crippen molar-refractivity contribution < 1.29 is 19.0 Å². The number of carbonyl (C=O) groups excluding carboxylic acids is 1. The second-order valence-corrected chi connectivity index (χ2v) is 6.90. The van der Waals surface area contributed by atoms with E-state index < -0.39 is 10.9 Å². The highest BCUT2D eigenvalue weighted by Crippen LogP contribution is 2.31. The predicted octanol–water partition coefficient (Wildman–Crippen LogP) is 3.40. The van der Waals surface area contributed by atoms with Crippen molar-refractivity contribution in [2.24, 2.45) is 0 Å². The van der Waals surface area contributed by atoms with E-state index in [-0.39, 0.29) is 23.9 Å². The van der Waals surface area contributed by atoms with Gasteiger partial charge in [0.15, 0.2) is 0 Å². The van der Waals surface area contributed by atoms with Gasteiger partial charge in [-0.25, -0.2) is 4.79 Å². The number of ether oxygens (including phenoxy) is 1. The molecule has 0 amide bonds. The van der Waals surface area contributed by atoms with Crippen molar-refractivity contribution in [1.29, 1.82) is 0 Å². The minimum absolute atomic E-state index is 0.124. The van der Waals surface area contributed by atoms with Crippen LogP contribution in [-0.4, -0.2) is 38.7 Å². The summed E-state index contributed by atoms with van der Waals surface area (Å²) in [6, 6.07) is 8.19. The van der Waals surface area contributed by atoms with Gasteiger partial charge in [-0.2, -0.15) is 4.98 Å². The highest BCUT2D eigenvalue weighted by Gasteiger charge is 2.25. The van der Waals surface area contributed by atoms with Crippen LogP contribution in [-0.2, 0) is 11.2 Å². The van der Waals surface area contributed by atoms with E-state index in [1.807, 2.05) is 6.07 Å². The predicted molar refractivity (Wildman–Crippen MR) is 106 cm³/mol. The van der Waals surface area contributed by atoms with Gasteiger partial charge in [-0.15, -0.1) is 0 Å². The van der Waals surface area contributed by atoms with Gasteiger partial charge in [-0.3, -0.25) is 15.1 Å². The lowest BCUT2D eigenvalue weighted by molar-refractivity contribution is -0.384. The maximum absolute atomic E-state index is 12.2. The molecule has 0 atom stereocenters. The van der Waals surface area contributed by atoms with Crippen LogP contribution in [0.5, 0.6) is 0 Å². The van der Waals surface area contributed by atoms with Gasteiger partial charge in [-0.1, -0.05) is 5.16 Å². The summed E-state index contributed by atoms with van der Waals surface area (Å²) in [5, 5.41) is 18.3. The first-order chi connectivity index (χ1) is 14.6. The van der Waals surface area contributed by atoms with Crippen molar-refractivity contribution in [3.63, 3.8) is 0 Å². The lowest BCUT2D eigenvalue weighted by Crippen LogP contribution is -2.09. The molecule has 0 bridgehead atoms. The first kappa shape index (κ1) is 19.5. The highest BCUT2D eigenvalue weighted by atomic mass is 16.6. The first-order valence-electron chi connectivity index (χ1n) is 9.55. The fraction of sp³-hybridized carbons (Fsp3) is 0.300. The standard InChI is InChI=1S/C20H19N5O5/c26-20(13-5-8-16(22-15-6-7-15)17(11-13)25(27)28)29-10-2-4-18-23-19(24-30-18)14-3-1-9-21-12-14/h1,3,5,8-9,11-12,15,22H,2,4,6-7,10H2. The number of aromatic nitrogens is 3. The summed E-state index contributed by atoms with van der Waals surface area (Å²) in [7, 11) is 0. The van der Waals surface area contributed by atoms with Gasteiger partial charge in [0.25, 0.3) is 5.69 Å². The summed E-state index contributed by atoms with van der Waals surface area (Å²) in [5.74, 6) is 0.260. The van der Waals surface area contributed by atoms with Crippen LogP contribution in [0, 0.1) is 10.1 Å². The number of aryl methyl sites for hydroxylation is 1. The maximum Gasteiger partial charge on any atom is 0.338 e. The molecular formula is C20H19N5O5. The van der Waals surface area contributed by atoms with Crippen LogP contribution in [0.15, 0.2) is 47.2 Å². The Bertz CT molecular complexity index is 1050. The van der Waals surface area contributed by atoms with E-state index in [1.165, 1.54) is 12.1 Å². The second-order valence-electron chi connectivity index (χ2n) is 6.90. The van der Waals surface area contributed by atoms with E-state index >= 15 is 0 Å². The van der Waals surface area contributed by atoms with Crippen LogP contribution < -0.4 is 5.32 Å². The highest BCUT2D eigenvalue weighted by molar-refractivity contribution is 5.91. The number of nitrogens with one attached hydrogen (secondary N) is 1. The van der Waals surface area contributed by atoms with E-state index in [0.717, 1.165) is 18.4 Å². The molecule has 0 aliphatic heterocycles. The molecular weight excluding hydrogens is 390 g/mol. The molecule has 10 heteroatoms. The van der Waals surface area contributed by atoms with Crippen molar-refractivity contribution in [2.75, 3.05) is 11.9 Å². The van der Waals surface area contributed by atoms with Gasteiger partial charge >= 0.3 is 5.97 Å². The number of nitro groups is 1. The molecule has 154 valence electrons. The minimum atomic E-state index is -0.613. The number of benzene rings is 1. The molecule has 30 heavy (non-hydrogen) atoms. The van der Waals surface area contributed by atoms with Crippen molar-refractivity contribution in [2.45, 2.75) is 31.7 Å². The van der Waals surface area contributed by atoms with Crippen molar-refractivity contribution in [3.05, 3.63) is 64.3 Å². The summed E-state index contributed by atoms with van der Waals surface area (Å²) in [5.41, 5.74) is 1.17. The van der Waals surface area contributed by atoms with Gasteiger partial charge in [0.1, 0.15) is 5.69 Å². The molecule has 1 N–H and O–H groups in total. The molecule has 2 aromatic heterocycles. The molecule has 2 heterocycles. The largest absolute Gasteiger partial charge is 0.462 e. The number of hydrogen-bond donors (Lipinski definition) is 1. The fourth-order valence-electron chi connectivity index (χ4n) is 2.82. The summed E-state index contributed by atoms with van der Waals surface area (Å²) in [6.07, 6.45) is 6.19. The molecule has 0 spiro atoms. The Labute approximate surface area is 171 Å². The van der Waals surface area contributed by atoms with Gasteiger partial charge in [-0.05, 0) is 43.5 Å². The maximum atomic E-state index is 12.2. The Morgan fingerprint density at radius 2 is 2.20 bits per heavy atom. The van der Waals surface area contributed by atoms with Gasteiger partial charge in [0, 0.05) is 36.5 Å². The quantitative estimate of drug-likeness (QED) is 0.244. The Balaban J connectivity index is 1.29. The number of esters is 1. The number of pyridine rings is 1. The Hall–Kier alpha value is -3.82. The topological polar surface area (TPSA) is 133 Å². The smallest absolute Gasteiger partial charge is 0.338 e. The van der Waals surface area contributed by atoms with E-state index in [1.54, 1.807) is 24.5 Å². The molecule has 3 aromatic rings. The molecule has 4 rings (SSSR count). The van der Waals surface area contributed by atoms with Crippen LogP contribution in [0.3, 0.4) is 0 Å². The summed E-state index contributed by atoms with van der Waals surface area (Å²) in [6.45, 7) is 0.124. The number of anilines is 1. The summed E-state index contributed by atoms with van der Waals surface area (Å²) >= 11 is 0. The van der Waals surface area contributed by atoms with Crippen LogP contribution in [0.1, 0.15) is 35.5 Å². The zero-order valence-electron chi connectivity index (χ0n) is 16.0. The van der Waals surface area contributed by atoms with Crippen molar-refractivity contribution >= 4 is 17.3 Å². The molecule has 10 nitrogen and oxygen atoms in total. The Morgan fingerprint density at radius 1 is 1.33 bits per heavy atom. The molecule has 1 saturated carbocycles. The molecule has 1 aliphatic rings. The third-order valence-corrected chi connectivity index (χ3v) is 4.52. The van der Waals surface area contributed by atoms with Crippen LogP contribution in [0.4, 0.5) is 11.4 Å². The lowest BCUT2D eigenvalue weighted by Gasteiger charge is -2.08. The number of nitrogens with zero attached hydrogens (tertiary/aromatic N) is 4. The molecule has 0 radical (unpaired) electrons. The Morgan fingerprint density at radius 3 is 2.93 bits per heavy atom. The van der Waals surface area contributed by atoms with Crippen LogP contribution in [0.25, 0.3) is 11.4 Å². The number of rotatable bonds is 9. The summed E-state index contributed by atoms with van der Waals surface area (Å²) in [4.78, 5) is 31.3. The SMILES string of the molecule is O=C(OCCCc1nc(-c2cccnc2)no1)c1ccc(NC2CC2)c([N+](=O)[O-])c1. The molecule has 1 aliphatic carbocycles. The fourth-order valence-corrected chi connectivity index (χ4v) is 2.82. The average molecular weight is 409 g/mol. The number of carbonyl (C=O) groups is 1. The van der Waals surface area contributed by atoms with E-state index in [4.69, 9.17) is 9.26 Å². The third-order valence-electron chi connectivity index (χ3n) is 4.52. The molecule has 0 unspecified atom stereocenters. The van der Waals surface area contributed by atoms with Gasteiger partial charge in [0.2, 0.25) is 11.7 Å². The van der Waals surface area contributed by atoms with E-state index in [2.05, 4.69) is 20.4 Å².